The molecule has 3 nitrogen and oxygen atoms in total. The number of likely N-dealkylation sites (N-methyl/N-ethyl adjacent to an activating group) is 1. The van der Waals surface area contributed by atoms with Crippen molar-refractivity contribution in [3.8, 4) is 5.75 Å². The Balaban J connectivity index is 2.79. The van der Waals surface area contributed by atoms with Crippen LogP contribution in [0.1, 0.15) is 5.56 Å². The maximum Gasteiger partial charge on any atom is 0.142 e. The van der Waals surface area contributed by atoms with Gasteiger partial charge in [-0.15, -0.1) is 0 Å². The molecule has 1 aromatic carbocycles. The van der Waals surface area contributed by atoms with E-state index in [4.69, 9.17) is 16.3 Å². The molecule has 0 saturated heterocycles. The Morgan fingerprint density at radius 3 is 2.71 bits per heavy atom. The molecule has 0 aromatic heterocycles. The van der Waals surface area contributed by atoms with E-state index in [-0.39, 0.29) is 5.02 Å². The zero-order chi connectivity index (χ0) is 12.8. The molecule has 1 N–H and O–H groups in total. The molecular weight excluding hydrogens is 243 g/mol. The van der Waals surface area contributed by atoms with Crippen molar-refractivity contribution < 1.29 is 9.13 Å². The first-order valence-electron chi connectivity index (χ1n) is 5.45. The van der Waals surface area contributed by atoms with Gasteiger partial charge in [-0.05, 0) is 33.3 Å². The fraction of sp³-hybridized carbons (Fsp3) is 0.500. The van der Waals surface area contributed by atoms with Gasteiger partial charge in [-0.3, -0.25) is 0 Å². The van der Waals surface area contributed by atoms with E-state index < -0.39 is 5.82 Å². The molecule has 1 rings (SSSR count). The molecule has 96 valence electrons. The van der Waals surface area contributed by atoms with Crippen LogP contribution in [-0.4, -0.2) is 39.2 Å². The summed E-state index contributed by atoms with van der Waals surface area (Å²) < 4.78 is 18.9. The predicted molar refractivity (Wildman–Crippen MR) is 68.2 cm³/mol. The quantitative estimate of drug-likeness (QED) is 0.848. The number of nitrogens with one attached hydrogen (secondary N) is 1. The summed E-state index contributed by atoms with van der Waals surface area (Å²) in [5, 5.41) is 3.08. The molecule has 5 heteroatoms. The Hall–Kier alpha value is -0.840. The second-order valence-corrected chi connectivity index (χ2v) is 4.40. The monoisotopic (exact) mass is 260 g/mol. The van der Waals surface area contributed by atoms with Crippen molar-refractivity contribution in [2.75, 3.05) is 34.3 Å². The van der Waals surface area contributed by atoms with E-state index in [2.05, 4.69) is 5.32 Å². The van der Waals surface area contributed by atoms with E-state index >= 15 is 0 Å². The summed E-state index contributed by atoms with van der Waals surface area (Å²) in [5.74, 6) is 0.212. The largest absolute Gasteiger partial charge is 0.492 e. The lowest BCUT2D eigenvalue weighted by molar-refractivity contribution is 0.259. The molecular formula is C12H18ClFN2O. The van der Waals surface area contributed by atoms with E-state index in [0.717, 1.165) is 6.54 Å². The average molecular weight is 261 g/mol. The van der Waals surface area contributed by atoms with Crippen LogP contribution in [0.15, 0.2) is 12.1 Å². The Kier molecular flexibility index (Phi) is 5.68. The number of hydrogen-bond acceptors (Lipinski definition) is 3. The lowest BCUT2D eigenvalue weighted by atomic mass is 10.2. The normalized spacial score (nSPS) is 10.9. The highest BCUT2D eigenvalue weighted by atomic mass is 35.5. The van der Waals surface area contributed by atoms with Crippen molar-refractivity contribution in [2.24, 2.45) is 0 Å². The van der Waals surface area contributed by atoms with Crippen LogP contribution < -0.4 is 10.1 Å². The highest BCUT2D eigenvalue weighted by molar-refractivity contribution is 6.31. The molecule has 0 bridgehead atoms. The molecule has 0 radical (unpaired) electrons. The Labute approximate surface area is 107 Å². The maximum atomic E-state index is 13.3. The lowest BCUT2D eigenvalue weighted by Gasteiger charge is -2.15. The fourth-order valence-corrected chi connectivity index (χ4v) is 1.61. The summed E-state index contributed by atoms with van der Waals surface area (Å²) in [7, 11) is 5.72. The first-order valence-corrected chi connectivity index (χ1v) is 5.83. The molecule has 0 amide bonds. The topological polar surface area (TPSA) is 24.5 Å². The molecule has 0 atom stereocenters. The summed E-state index contributed by atoms with van der Waals surface area (Å²) in [6.07, 6.45) is 0. The van der Waals surface area contributed by atoms with Crippen LogP contribution in [0.3, 0.4) is 0 Å². The molecule has 0 unspecified atom stereocenters. The van der Waals surface area contributed by atoms with Gasteiger partial charge < -0.3 is 15.0 Å². The van der Waals surface area contributed by atoms with Crippen LogP contribution in [0.4, 0.5) is 4.39 Å². The van der Waals surface area contributed by atoms with Crippen molar-refractivity contribution >= 4 is 11.6 Å². The number of halogens is 2. The minimum atomic E-state index is -0.420. The number of benzene rings is 1. The van der Waals surface area contributed by atoms with Crippen molar-refractivity contribution in [3.63, 3.8) is 0 Å². The Bertz CT molecular complexity index is 372. The van der Waals surface area contributed by atoms with Crippen molar-refractivity contribution in [3.05, 3.63) is 28.5 Å². The van der Waals surface area contributed by atoms with Gasteiger partial charge in [0.2, 0.25) is 0 Å². The average Bonchev–Trinajstić information content (AvgIpc) is 2.27. The van der Waals surface area contributed by atoms with Gasteiger partial charge in [-0.2, -0.15) is 0 Å². The van der Waals surface area contributed by atoms with Gasteiger partial charge in [0.05, 0.1) is 5.02 Å². The Morgan fingerprint density at radius 2 is 2.12 bits per heavy atom. The van der Waals surface area contributed by atoms with Crippen molar-refractivity contribution in [1.29, 1.82) is 0 Å². The first kappa shape index (κ1) is 14.2. The van der Waals surface area contributed by atoms with Crippen LogP contribution in [0.5, 0.6) is 5.75 Å². The Morgan fingerprint density at radius 1 is 1.41 bits per heavy atom. The maximum absolute atomic E-state index is 13.3. The highest BCUT2D eigenvalue weighted by Gasteiger charge is 2.12. The third-order valence-electron chi connectivity index (χ3n) is 2.30. The number of ether oxygens (including phenoxy) is 1. The van der Waals surface area contributed by atoms with Crippen LogP contribution >= 0.6 is 11.6 Å². The number of hydrogen-bond donors (Lipinski definition) is 1. The molecule has 0 aliphatic heterocycles. The fourth-order valence-electron chi connectivity index (χ4n) is 1.39. The standard InChI is InChI=1S/C12H18ClFN2O/c1-15-8-9-11(17-7-6-16(2)3)5-4-10(14)12(9)13/h4-5,15H,6-8H2,1-3H3. The van der Waals surface area contributed by atoms with Crippen LogP contribution in [0, 0.1) is 5.82 Å². The summed E-state index contributed by atoms with van der Waals surface area (Å²) in [4.78, 5) is 2.02. The first-order chi connectivity index (χ1) is 8.06. The minimum absolute atomic E-state index is 0.127. The summed E-state index contributed by atoms with van der Waals surface area (Å²) >= 11 is 5.91. The summed E-state index contributed by atoms with van der Waals surface area (Å²) in [6, 6.07) is 2.94. The van der Waals surface area contributed by atoms with E-state index in [1.807, 2.05) is 19.0 Å². The highest BCUT2D eigenvalue weighted by Crippen LogP contribution is 2.29. The lowest BCUT2D eigenvalue weighted by Crippen LogP contribution is -2.20. The zero-order valence-corrected chi connectivity index (χ0v) is 11.1. The molecule has 0 fully saturated rings. The number of rotatable bonds is 6. The second-order valence-electron chi connectivity index (χ2n) is 4.02. The van der Waals surface area contributed by atoms with Gasteiger partial charge in [0.1, 0.15) is 18.2 Å². The number of nitrogens with zero attached hydrogens (tertiary/aromatic N) is 1. The van der Waals surface area contributed by atoms with Gasteiger partial charge in [0.25, 0.3) is 0 Å². The van der Waals surface area contributed by atoms with Gasteiger partial charge in [0, 0.05) is 18.7 Å². The minimum Gasteiger partial charge on any atom is -0.492 e. The van der Waals surface area contributed by atoms with Crippen molar-refractivity contribution in [2.45, 2.75) is 6.54 Å². The molecule has 17 heavy (non-hydrogen) atoms. The van der Waals surface area contributed by atoms with Crippen LogP contribution in [-0.2, 0) is 6.54 Å². The molecule has 1 aromatic rings. The van der Waals surface area contributed by atoms with E-state index in [9.17, 15) is 4.39 Å². The molecule has 0 heterocycles. The van der Waals surface area contributed by atoms with E-state index in [1.54, 1.807) is 13.1 Å². The van der Waals surface area contributed by atoms with Crippen LogP contribution in [0.2, 0.25) is 5.02 Å². The third kappa shape index (κ3) is 4.15. The predicted octanol–water partition coefficient (Wildman–Crippen LogP) is 2.14. The van der Waals surface area contributed by atoms with Crippen LogP contribution in [0.25, 0.3) is 0 Å². The van der Waals surface area contributed by atoms with Gasteiger partial charge >= 0.3 is 0 Å². The van der Waals surface area contributed by atoms with Gasteiger partial charge in [-0.25, -0.2) is 4.39 Å². The second kappa shape index (κ2) is 6.79. The summed E-state index contributed by atoms with van der Waals surface area (Å²) in [5.41, 5.74) is 0.660. The van der Waals surface area contributed by atoms with Crippen molar-refractivity contribution in [1.82, 2.24) is 10.2 Å². The third-order valence-corrected chi connectivity index (χ3v) is 2.71. The van der Waals surface area contributed by atoms with E-state index in [0.29, 0.717) is 24.5 Å². The molecule has 0 spiro atoms. The van der Waals surface area contributed by atoms with E-state index in [1.165, 1.54) is 6.07 Å². The SMILES string of the molecule is CNCc1c(OCCN(C)C)ccc(F)c1Cl. The zero-order valence-electron chi connectivity index (χ0n) is 10.4. The molecule has 0 aliphatic carbocycles. The van der Waals surface area contributed by atoms with Gasteiger partial charge in [0.15, 0.2) is 0 Å². The smallest absolute Gasteiger partial charge is 0.142 e. The summed E-state index contributed by atoms with van der Waals surface area (Å²) in [6.45, 7) is 1.83. The molecule has 0 aliphatic rings. The molecule has 0 saturated carbocycles. The van der Waals surface area contributed by atoms with Gasteiger partial charge in [-0.1, -0.05) is 11.6 Å².